The summed E-state index contributed by atoms with van der Waals surface area (Å²) < 4.78 is 82.0. The van der Waals surface area contributed by atoms with Gasteiger partial charge in [-0.1, -0.05) is 0 Å². The third-order valence-electron chi connectivity index (χ3n) is 5.09. The van der Waals surface area contributed by atoms with E-state index in [1.54, 1.807) is 0 Å². The SMILES string of the molecule is O=C(OCCc1c[nH]c(=O)c(C(F)(F)F)c1)N1CCN(c2ncc(C(F)(F)F)cc2[N+](=O)[O-])CC1. The Labute approximate surface area is 192 Å². The van der Waals surface area contributed by atoms with Crippen LogP contribution in [0.3, 0.4) is 0 Å². The number of anilines is 1. The average Bonchev–Trinajstić information content (AvgIpc) is 2.78. The number of nitrogens with zero attached hydrogens (tertiary/aromatic N) is 4. The molecule has 190 valence electrons. The summed E-state index contributed by atoms with van der Waals surface area (Å²) in [5.74, 6) is -0.269. The second-order valence-corrected chi connectivity index (χ2v) is 7.41. The lowest BCUT2D eigenvalue weighted by Crippen LogP contribution is -2.49. The molecule has 0 aromatic carbocycles. The van der Waals surface area contributed by atoms with Gasteiger partial charge in [-0.3, -0.25) is 14.9 Å². The fraction of sp³-hybridized carbons (Fsp3) is 0.421. The summed E-state index contributed by atoms with van der Waals surface area (Å²) in [6, 6.07) is 1.05. The van der Waals surface area contributed by atoms with Gasteiger partial charge in [0.1, 0.15) is 5.56 Å². The maximum Gasteiger partial charge on any atom is 0.421 e. The normalized spacial score (nSPS) is 14.7. The fourth-order valence-corrected chi connectivity index (χ4v) is 3.31. The number of carbonyl (C=O) groups is 1. The molecule has 2 aromatic rings. The van der Waals surface area contributed by atoms with E-state index in [0.717, 1.165) is 6.20 Å². The molecule has 16 heteroatoms. The third kappa shape index (κ3) is 6.19. The van der Waals surface area contributed by atoms with Gasteiger partial charge >= 0.3 is 24.1 Å². The Morgan fingerprint density at radius 1 is 1.11 bits per heavy atom. The van der Waals surface area contributed by atoms with Crippen molar-refractivity contribution in [2.75, 3.05) is 37.7 Å². The van der Waals surface area contributed by atoms with Crippen molar-refractivity contribution in [1.82, 2.24) is 14.9 Å². The van der Waals surface area contributed by atoms with Crippen LogP contribution in [0.4, 0.5) is 42.6 Å². The number of carbonyl (C=O) groups excluding carboxylic acids is 1. The predicted octanol–water partition coefficient (Wildman–Crippen LogP) is 3.22. The van der Waals surface area contributed by atoms with Gasteiger partial charge in [0.25, 0.3) is 5.56 Å². The molecular formula is C19H17F6N5O5. The van der Waals surface area contributed by atoms with E-state index in [1.807, 2.05) is 4.98 Å². The molecule has 0 spiro atoms. The zero-order valence-electron chi connectivity index (χ0n) is 17.6. The van der Waals surface area contributed by atoms with Crippen molar-refractivity contribution >= 4 is 17.6 Å². The summed E-state index contributed by atoms with van der Waals surface area (Å²) in [5, 5.41) is 11.3. The van der Waals surface area contributed by atoms with E-state index in [0.29, 0.717) is 18.3 Å². The number of amides is 1. The minimum absolute atomic E-state index is 0.00949. The van der Waals surface area contributed by atoms with E-state index in [9.17, 15) is 46.0 Å². The number of hydrogen-bond donors (Lipinski definition) is 1. The van der Waals surface area contributed by atoms with Crippen LogP contribution >= 0.6 is 0 Å². The van der Waals surface area contributed by atoms with E-state index in [4.69, 9.17) is 4.74 Å². The van der Waals surface area contributed by atoms with Gasteiger partial charge in [-0.2, -0.15) is 26.3 Å². The number of ether oxygens (including phenoxy) is 1. The van der Waals surface area contributed by atoms with E-state index < -0.39 is 45.7 Å². The number of pyridine rings is 2. The topological polar surface area (TPSA) is 122 Å². The molecule has 1 fully saturated rings. The molecule has 3 heterocycles. The molecule has 1 saturated heterocycles. The number of alkyl halides is 6. The summed E-state index contributed by atoms with van der Waals surface area (Å²) in [6.45, 7) is -0.230. The van der Waals surface area contributed by atoms with Gasteiger partial charge in [0.15, 0.2) is 0 Å². The standard InChI is InChI=1S/C19H17F6N5O5/c20-18(21,22)12-8-14(30(33)34)15(26-10-12)28-2-4-29(5-3-28)17(32)35-6-1-11-7-13(19(23,24)25)16(31)27-9-11/h7-10H,1-6H2,(H,27,31). The maximum absolute atomic E-state index is 12.8. The molecule has 0 atom stereocenters. The second kappa shape index (κ2) is 9.79. The number of nitro groups is 1. The molecule has 2 aromatic heterocycles. The quantitative estimate of drug-likeness (QED) is 0.373. The Morgan fingerprint density at radius 2 is 1.77 bits per heavy atom. The number of aromatic amines is 1. The average molecular weight is 509 g/mol. The van der Waals surface area contributed by atoms with Crippen molar-refractivity contribution in [3.05, 3.63) is 61.7 Å². The molecule has 1 amide bonds. The molecule has 0 saturated carbocycles. The number of aromatic nitrogens is 2. The molecular weight excluding hydrogens is 492 g/mol. The number of H-pyrrole nitrogens is 1. The molecule has 0 radical (unpaired) electrons. The third-order valence-corrected chi connectivity index (χ3v) is 5.09. The van der Waals surface area contributed by atoms with Crippen molar-refractivity contribution in [3.8, 4) is 0 Å². The first-order chi connectivity index (χ1) is 16.3. The Morgan fingerprint density at radius 3 is 2.34 bits per heavy atom. The number of halogens is 6. The van der Waals surface area contributed by atoms with Crippen molar-refractivity contribution in [1.29, 1.82) is 0 Å². The summed E-state index contributed by atoms with van der Waals surface area (Å²) in [5.41, 5.74) is -4.66. The second-order valence-electron chi connectivity index (χ2n) is 7.41. The van der Waals surface area contributed by atoms with Crippen LogP contribution in [0.15, 0.2) is 29.3 Å². The van der Waals surface area contributed by atoms with Gasteiger partial charge in [0.2, 0.25) is 5.82 Å². The number of rotatable bonds is 5. The van der Waals surface area contributed by atoms with E-state index >= 15 is 0 Å². The van der Waals surface area contributed by atoms with Gasteiger partial charge < -0.3 is 19.5 Å². The van der Waals surface area contributed by atoms with Crippen molar-refractivity contribution in [2.24, 2.45) is 0 Å². The zero-order chi connectivity index (χ0) is 26.0. The summed E-state index contributed by atoms with van der Waals surface area (Å²) in [4.78, 5) is 42.0. The fourth-order valence-electron chi connectivity index (χ4n) is 3.31. The number of nitrogens with one attached hydrogen (secondary N) is 1. The van der Waals surface area contributed by atoms with Crippen LogP contribution < -0.4 is 10.5 Å². The van der Waals surface area contributed by atoms with E-state index in [2.05, 4.69) is 4.98 Å². The molecule has 1 aliphatic heterocycles. The van der Waals surface area contributed by atoms with E-state index in [1.165, 1.54) is 9.80 Å². The lowest BCUT2D eigenvalue weighted by atomic mass is 10.1. The first kappa shape index (κ1) is 25.8. The Bertz CT molecular complexity index is 1160. The summed E-state index contributed by atoms with van der Waals surface area (Å²) >= 11 is 0. The van der Waals surface area contributed by atoms with Crippen molar-refractivity contribution in [2.45, 2.75) is 18.8 Å². The highest BCUT2D eigenvalue weighted by Crippen LogP contribution is 2.35. The monoisotopic (exact) mass is 509 g/mol. The minimum atomic E-state index is -4.84. The Kier molecular flexibility index (Phi) is 7.21. The van der Waals surface area contributed by atoms with Gasteiger partial charge in [-0.25, -0.2) is 9.78 Å². The smallest absolute Gasteiger partial charge is 0.421 e. The van der Waals surface area contributed by atoms with Crippen LogP contribution in [0.1, 0.15) is 16.7 Å². The molecule has 35 heavy (non-hydrogen) atoms. The maximum atomic E-state index is 12.8. The van der Waals surface area contributed by atoms with Crippen LogP contribution in [0.25, 0.3) is 0 Å². The van der Waals surface area contributed by atoms with Crippen molar-refractivity contribution < 1.29 is 40.8 Å². The Balaban J connectivity index is 1.56. The zero-order valence-corrected chi connectivity index (χ0v) is 17.6. The number of piperazine rings is 1. The highest BCUT2D eigenvalue weighted by Gasteiger charge is 2.36. The minimum Gasteiger partial charge on any atom is -0.449 e. The molecule has 1 N–H and O–H groups in total. The molecule has 0 aliphatic carbocycles. The van der Waals surface area contributed by atoms with Crippen LogP contribution in [0.2, 0.25) is 0 Å². The van der Waals surface area contributed by atoms with Gasteiger partial charge in [-0.05, 0) is 11.6 Å². The lowest BCUT2D eigenvalue weighted by Gasteiger charge is -2.34. The van der Waals surface area contributed by atoms with Crippen LogP contribution in [0.5, 0.6) is 0 Å². The lowest BCUT2D eigenvalue weighted by molar-refractivity contribution is -0.384. The summed E-state index contributed by atoms with van der Waals surface area (Å²) in [6.07, 6.45) is -8.97. The van der Waals surface area contributed by atoms with Gasteiger partial charge in [-0.15, -0.1) is 0 Å². The molecule has 0 unspecified atom stereocenters. The van der Waals surface area contributed by atoms with Crippen LogP contribution in [-0.2, 0) is 23.5 Å². The highest BCUT2D eigenvalue weighted by molar-refractivity contribution is 5.68. The van der Waals surface area contributed by atoms with Gasteiger partial charge in [0, 0.05) is 51.1 Å². The van der Waals surface area contributed by atoms with Gasteiger partial charge in [0.05, 0.1) is 17.1 Å². The summed E-state index contributed by atoms with van der Waals surface area (Å²) in [7, 11) is 0. The largest absolute Gasteiger partial charge is 0.449 e. The first-order valence-electron chi connectivity index (χ1n) is 9.94. The molecule has 3 rings (SSSR count). The molecule has 10 nitrogen and oxygen atoms in total. The predicted molar refractivity (Wildman–Crippen MR) is 107 cm³/mol. The number of hydrogen-bond acceptors (Lipinski definition) is 7. The van der Waals surface area contributed by atoms with Crippen molar-refractivity contribution in [3.63, 3.8) is 0 Å². The Hall–Kier alpha value is -3.85. The first-order valence-corrected chi connectivity index (χ1v) is 9.94. The molecule has 0 bridgehead atoms. The van der Waals surface area contributed by atoms with Crippen LogP contribution in [0, 0.1) is 10.1 Å². The highest BCUT2D eigenvalue weighted by atomic mass is 19.4. The van der Waals surface area contributed by atoms with Crippen LogP contribution in [-0.4, -0.2) is 58.7 Å². The van der Waals surface area contributed by atoms with E-state index in [-0.39, 0.29) is 50.6 Å². The molecule has 1 aliphatic rings.